The van der Waals surface area contributed by atoms with Crippen molar-refractivity contribution in [2.24, 2.45) is 5.92 Å². The SMILES string of the molecule is O=C(C1CCCSC1)N1CCCNCC1. The number of rotatable bonds is 1. The van der Waals surface area contributed by atoms with Crippen molar-refractivity contribution in [3.05, 3.63) is 0 Å². The molecular formula is C11H20N2OS. The van der Waals surface area contributed by atoms with Gasteiger partial charge in [-0.05, 0) is 31.6 Å². The molecular weight excluding hydrogens is 208 g/mol. The third kappa shape index (κ3) is 3.11. The summed E-state index contributed by atoms with van der Waals surface area (Å²) in [5.41, 5.74) is 0. The van der Waals surface area contributed by atoms with Gasteiger partial charge in [0.05, 0.1) is 0 Å². The van der Waals surface area contributed by atoms with E-state index in [-0.39, 0.29) is 0 Å². The first-order chi connectivity index (χ1) is 7.38. The number of hydrogen-bond donors (Lipinski definition) is 1. The van der Waals surface area contributed by atoms with Gasteiger partial charge in [-0.1, -0.05) is 0 Å². The molecule has 2 aliphatic rings. The molecule has 2 aliphatic heterocycles. The van der Waals surface area contributed by atoms with Crippen molar-refractivity contribution < 1.29 is 4.79 Å². The Kier molecular flexibility index (Phi) is 4.32. The van der Waals surface area contributed by atoms with Crippen LogP contribution in [0.5, 0.6) is 0 Å². The third-order valence-corrected chi connectivity index (χ3v) is 4.38. The Morgan fingerprint density at radius 3 is 3.00 bits per heavy atom. The molecule has 0 bridgehead atoms. The Labute approximate surface area is 96.0 Å². The van der Waals surface area contributed by atoms with Gasteiger partial charge in [0.2, 0.25) is 5.91 Å². The summed E-state index contributed by atoms with van der Waals surface area (Å²) in [7, 11) is 0. The average molecular weight is 228 g/mol. The molecule has 0 aromatic heterocycles. The average Bonchev–Trinajstić information content (AvgIpc) is 2.58. The fourth-order valence-corrected chi connectivity index (χ4v) is 3.39. The first-order valence-electron chi connectivity index (χ1n) is 5.95. The fraction of sp³-hybridized carbons (Fsp3) is 0.909. The molecule has 86 valence electrons. The van der Waals surface area contributed by atoms with Crippen LogP contribution in [0.1, 0.15) is 19.3 Å². The standard InChI is InChI=1S/C11H20N2OS/c14-11(10-3-1-8-15-9-10)13-6-2-4-12-5-7-13/h10,12H,1-9H2. The van der Waals surface area contributed by atoms with Crippen LogP contribution in [-0.4, -0.2) is 48.5 Å². The largest absolute Gasteiger partial charge is 0.341 e. The van der Waals surface area contributed by atoms with E-state index in [0.29, 0.717) is 11.8 Å². The van der Waals surface area contributed by atoms with Crippen molar-refractivity contribution in [1.82, 2.24) is 10.2 Å². The van der Waals surface area contributed by atoms with Gasteiger partial charge in [0.1, 0.15) is 0 Å². The Morgan fingerprint density at radius 2 is 2.20 bits per heavy atom. The van der Waals surface area contributed by atoms with Crippen LogP contribution in [0.15, 0.2) is 0 Å². The molecule has 1 N–H and O–H groups in total. The number of carbonyl (C=O) groups is 1. The number of nitrogens with one attached hydrogen (secondary N) is 1. The van der Waals surface area contributed by atoms with E-state index in [1.807, 2.05) is 11.8 Å². The van der Waals surface area contributed by atoms with Crippen LogP contribution in [0.25, 0.3) is 0 Å². The minimum atomic E-state index is 0.307. The maximum absolute atomic E-state index is 12.2. The molecule has 3 nitrogen and oxygen atoms in total. The van der Waals surface area contributed by atoms with Gasteiger partial charge in [-0.2, -0.15) is 11.8 Å². The van der Waals surface area contributed by atoms with E-state index in [0.717, 1.165) is 44.8 Å². The second-order valence-electron chi connectivity index (χ2n) is 4.34. The lowest BCUT2D eigenvalue weighted by molar-refractivity contribution is -0.134. The smallest absolute Gasteiger partial charge is 0.226 e. The highest BCUT2D eigenvalue weighted by molar-refractivity contribution is 7.99. The highest BCUT2D eigenvalue weighted by Crippen LogP contribution is 2.24. The Bertz CT molecular complexity index is 209. The second kappa shape index (κ2) is 5.75. The summed E-state index contributed by atoms with van der Waals surface area (Å²) in [5.74, 6) is 3.00. The quantitative estimate of drug-likeness (QED) is 0.725. The molecule has 2 rings (SSSR count). The molecule has 0 radical (unpaired) electrons. The molecule has 1 unspecified atom stereocenters. The number of hydrogen-bond acceptors (Lipinski definition) is 3. The molecule has 2 fully saturated rings. The highest BCUT2D eigenvalue weighted by Gasteiger charge is 2.26. The van der Waals surface area contributed by atoms with Crippen molar-refractivity contribution in [2.75, 3.05) is 37.7 Å². The van der Waals surface area contributed by atoms with E-state index in [9.17, 15) is 4.79 Å². The van der Waals surface area contributed by atoms with Gasteiger partial charge in [-0.15, -0.1) is 0 Å². The van der Waals surface area contributed by atoms with Crippen LogP contribution in [0, 0.1) is 5.92 Å². The first kappa shape index (κ1) is 11.3. The zero-order chi connectivity index (χ0) is 10.5. The summed E-state index contributed by atoms with van der Waals surface area (Å²) in [6.45, 7) is 3.88. The zero-order valence-corrected chi connectivity index (χ0v) is 10.0. The molecule has 0 saturated carbocycles. The molecule has 0 aromatic carbocycles. The van der Waals surface area contributed by atoms with Crippen molar-refractivity contribution in [3.8, 4) is 0 Å². The molecule has 15 heavy (non-hydrogen) atoms. The van der Waals surface area contributed by atoms with Crippen molar-refractivity contribution in [3.63, 3.8) is 0 Å². The minimum Gasteiger partial charge on any atom is -0.341 e. The normalized spacial score (nSPS) is 28.5. The molecule has 4 heteroatoms. The molecule has 1 amide bonds. The van der Waals surface area contributed by atoms with Gasteiger partial charge in [0.25, 0.3) is 0 Å². The van der Waals surface area contributed by atoms with Gasteiger partial charge >= 0.3 is 0 Å². The Morgan fingerprint density at radius 1 is 1.27 bits per heavy atom. The third-order valence-electron chi connectivity index (χ3n) is 3.16. The van der Waals surface area contributed by atoms with Crippen LogP contribution < -0.4 is 5.32 Å². The monoisotopic (exact) mass is 228 g/mol. The van der Waals surface area contributed by atoms with Crippen molar-refractivity contribution in [2.45, 2.75) is 19.3 Å². The molecule has 0 aromatic rings. The number of amides is 1. The van der Waals surface area contributed by atoms with Crippen LogP contribution in [0.4, 0.5) is 0 Å². The molecule has 0 aliphatic carbocycles. The maximum atomic E-state index is 12.2. The maximum Gasteiger partial charge on any atom is 0.226 e. The lowest BCUT2D eigenvalue weighted by atomic mass is 10.0. The zero-order valence-electron chi connectivity index (χ0n) is 9.21. The van der Waals surface area contributed by atoms with Gasteiger partial charge in [0.15, 0.2) is 0 Å². The van der Waals surface area contributed by atoms with E-state index in [2.05, 4.69) is 10.2 Å². The summed E-state index contributed by atoms with van der Waals surface area (Å²) in [4.78, 5) is 14.3. The Hall–Kier alpha value is -0.220. The molecule has 2 heterocycles. The van der Waals surface area contributed by atoms with Gasteiger partial charge < -0.3 is 10.2 Å². The van der Waals surface area contributed by atoms with Gasteiger partial charge in [0, 0.05) is 31.3 Å². The predicted octanol–water partition coefficient (Wildman–Crippen LogP) is 0.952. The van der Waals surface area contributed by atoms with Crippen LogP contribution in [0.2, 0.25) is 0 Å². The summed E-state index contributed by atoms with van der Waals surface area (Å²) in [6, 6.07) is 0. The van der Waals surface area contributed by atoms with E-state index in [1.54, 1.807) is 0 Å². The van der Waals surface area contributed by atoms with Crippen molar-refractivity contribution >= 4 is 17.7 Å². The topological polar surface area (TPSA) is 32.3 Å². The molecule has 2 saturated heterocycles. The first-order valence-corrected chi connectivity index (χ1v) is 7.10. The summed E-state index contributed by atoms with van der Waals surface area (Å²) >= 11 is 1.94. The van der Waals surface area contributed by atoms with E-state index in [1.165, 1.54) is 12.2 Å². The van der Waals surface area contributed by atoms with E-state index < -0.39 is 0 Å². The van der Waals surface area contributed by atoms with Crippen LogP contribution >= 0.6 is 11.8 Å². The van der Waals surface area contributed by atoms with E-state index >= 15 is 0 Å². The van der Waals surface area contributed by atoms with Gasteiger partial charge in [-0.3, -0.25) is 4.79 Å². The highest BCUT2D eigenvalue weighted by atomic mass is 32.2. The number of carbonyl (C=O) groups excluding carboxylic acids is 1. The van der Waals surface area contributed by atoms with Crippen LogP contribution in [0.3, 0.4) is 0 Å². The van der Waals surface area contributed by atoms with Gasteiger partial charge in [-0.25, -0.2) is 0 Å². The lowest BCUT2D eigenvalue weighted by Crippen LogP contribution is -2.40. The number of thioether (sulfide) groups is 1. The summed E-state index contributed by atoms with van der Waals surface area (Å²) < 4.78 is 0. The lowest BCUT2D eigenvalue weighted by Gasteiger charge is -2.27. The second-order valence-corrected chi connectivity index (χ2v) is 5.49. The number of nitrogens with zero attached hydrogens (tertiary/aromatic N) is 1. The van der Waals surface area contributed by atoms with E-state index in [4.69, 9.17) is 0 Å². The van der Waals surface area contributed by atoms with Crippen LogP contribution in [-0.2, 0) is 4.79 Å². The van der Waals surface area contributed by atoms with Crippen molar-refractivity contribution in [1.29, 1.82) is 0 Å². The summed E-state index contributed by atoms with van der Waals surface area (Å²) in [6.07, 6.45) is 3.43. The fourth-order valence-electron chi connectivity index (χ4n) is 2.26. The Balaban J connectivity index is 1.87. The minimum absolute atomic E-state index is 0.307. The molecule has 1 atom stereocenters. The summed E-state index contributed by atoms with van der Waals surface area (Å²) in [5, 5.41) is 3.34. The molecule has 0 spiro atoms. The predicted molar refractivity (Wildman–Crippen MR) is 64.1 cm³/mol.